The number of halogens is 1. The second-order valence-corrected chi connectivity index (χ2v) is 6.97. The third-order valence-corrected chi connectivity index (χ3v) is 4.64. The van der Waals surface area contributed by atoms with Crippen LogP contribution >= 0.6 is 0 Å². The normalized spacial score (nSPS) is 12.5. The topological polar surface area (TPSA) is 105 Å². The predicted molar refractivity (Wildman–Crippen MR) is 109 cm³/mol. The Morgan fingerprint density at radius 2 is 1.63 bits per heavy atom. The Bertz CT molecular complexity index is 868. The second-order valence-electron chi connectivity index (χ2n) is 6.97. The van der Waals surface area contributed by atoms with Gasteiger partial charge in [-0.05, 0) is 41.3 Å². The minimum absolute atomic E-state index is 0.0392. The Hall–Kier alpha value is -3.42. The fourth-order valence-corrected chi connectivity index (χ4v) is 2.68. The molecule has 0 spiro atoms. The van der Waals surface area contributed by atoms with Crippen LogP contribution in [0.5, 0.6) is 0 Å². The first-order chi connectivity index (χ1) is 14.3. The van der Waals surface area contributed by atoms with Gasteiger partial charge in [0.15, 0.2) is 0 Å². The van der Waals surface area contributed by atoms with Gasteiger partial charge in [-0.2, -0.15) is 0 Å². The average Bonchev–Trinajstić information content (AvgIpc) is 2.72. The number of carboxylic acids is 1. The molecule has 0 bridgehead atoms. The van der Waals surface area contributed by atoms with E-state index in [1.54, 1.807) is 43.3 Å². The molecular formula is C22H25FN2O5. The number of hydrogen-bond donors (Lipinski definition) is 3. The third-order valence-electron chi connectivity index (χ3n) is 4.64. The van der Waals surface area contributed by atoms with E-state index in [2.05, 4.69) is 10.6 Å². The number of ether oxygens (including phenoxy) is 1. The number of alkyl carbamates (subject to hydrolysis) is 1. The van der Waals surface area contributed by atoms with Crippen molar-refractivity contribution in [1.82, 2.24) is 5.32 Å². The average molecular weight is 416 g/mol. The number of rotatable bonds is 9. The molecule has 0 aliphatic rings. The Labute approximate surface area is 174 Å². The molecular weight excluding hydrogens is 391 g/mol. The minimum Gasteiger partial charge on any atom is -0.480 e. The maximum atomic E-state index is 12.9. The lowest BCUT2D eigenvalue weighted by Gasteiger charge is -2.19. The van der Waals surface area contributed by atoms with Crippen LogP contribution in [0, 0.1) is 11.7 Å². The molecule has 0 fully saturated rings. The first-order valence-electron chi connectivity index (χ1n) is 9.57. The third kappa shape index (κ3) is 7.20. The van der Waals surface area contributed by atoms with E-state index < -0.39 is 18.1 Å². The lowest BCUT2D eigenvalue weighted by atomic mass is 10.00. The highest BCUT2D eigenvalue weighted by Crippen LogP contribution is 2.13. The number of aliphatic carboxylic acids is 1. The molecule has 3 N–H and O–H groups in total. The van der Waals surface area contributed by atoms with E-state index in [1.807, 2.05) is 6.92 Å². The van der Waals surface area contributed by atoms with E-state index in [0.717, 1.165) is 0 Å². The van der Waals surface area contributed by atoms with Crippen molar-refractivity contribution in [3.8, 4) is 0 Å². The van der Waals surface area contributed by atoms with E-state index in [0.29, 0.717) is 23.2 Å². The zero-order valence-corrected chi connectivity index (χ0v) is 16.9. The van der Waals surface area contributed by atoms with Gasteiger partial charge in [-0.15, -0.1) is 0 Å². The summed E-state index contributed by atoms with van der Waals surface area (Å²) >= 11 is 0. The molecule has 0 heterocycles. The van der Waals surface area contributed by atoms with Crippen LogP contribution in [0.15, 0.2) is 48.5 Å². The summed E-state index contributed by atoms with van der Waals surface area (Å²) in [7, 11) is 0. The van der Waals surface area contributed by atoms with Crippen LogP contribution in [0.4, 0.5) is 14.9 Å². The van der Waals surface area contributed by atoms with Gasteiger partial charge in [0.1, 0.15) is 18.5 Å². The first-order valence-corrected chi connectivity index (χ1v) is 9.57. The number of amides is 2. The van der Waals surface area contributed by atoms with Crippen LogP contribution < -0.4 is 10.6 Å². The second kappa shape index (κ2) is 10.9. The van der Waals surface area contributed by atoms with Gasteiger partial charge in [-0.3, -0.25) is 4.79 Å². The van der Waals surface area contributed by atoms with Crippen molar-refractivity contribution >= 4 is 23.7 Å². The summed E-state index contributed by atoms with van der Waals surface area (Å²) in [6.07, 6.45) is -0.0861. The van der Waals surface area contributed by atoms with Gasteiger partial charge in [-0.1, -0.05) is 44.5 Å². The number of hydrogen-bond acceptors (Lipinski definition) is 4. The van der Waals surface area contributed by atoms with Crippen LogP contribution in [0.3, 0.4) is 0 Å². The van der Waals surface area contributed by atoms with Gasteiger partial charge >= 0.3 is 12.1 Å². The molecule has 0 saturated carbocycles. The molecule has 2 aromatic carbocycles. The molecule has 0 radical (unpaired) electrons. The molecule has 2 amide bonds. The van der Waals surface area contributed by atoms with Crippen molar-refractivity contribution in [3.63, 3.8) is 0 Å². The molecule has 0 unspecified atom stereocenters. The van der Waals surface area contributed by atoms with Crippen molar-refractivity contribution in [2.24, 2.45) is 5.92 Å². The van der Waals surface area contributed by atoms with Gasteiger partial charge in [0.25, 0.3) is 0 Å². The molecule has 0 aromatic heterocycles. The fraction of sp³-hybridized carbons (Fsp3) is 0.318. The number of nitrogens with one attached hydrogen (secondary N) is 2. The zero-order chi connectivity index (χ0) is 22.1. The van der Waals surface area contributed by atoms with E-state index in [4.69, 9.17) is 4.74 Å². The number of carbonyl (C=O) groups excluding carboxylic acids is 2. The van der Waals surface area contributed by atoms with Crippen molar-refractivity contribution in [2.75, 3.05) is 5.32 Å². The van der Waals surface area contributed by atoms with Crippen molar-refractivity contribution in [1.29, 1.82) is 0 Å². The van der Waals surface area contributed by atoms with Crippen molar-refractivity contribution in [2.45, 2.75) is 39.3 Å². The van der Waals surface area contributed by atoms with Gasteiger partial charge in [-0.25, -0.2) is 14.0 Å². The monoisotopic (exact) mass is 416 g/mol. The lowest BCUT2D eigenvalue weighted by Crippen LogP contribution is -2.45. The van der Waals surface area contributed by atoms with Crippen molar-refractivity contribution < 1.29 is 28.6 Å². The lowest BCUT2D eigenvalue weighted by molar-refractivity contribution is -0.140. The standard InChI is InChI=1S/C22H25FN2O5/c1-3-14(2)20(21(27)28)25-22(29)30-13-16-6-10-18(11-7-16)24-19(26)12-15-4-8-17(23)9-5-15/h4-11,14,20H,3,12-13H2,1-2H3,(H,24,26)(H,25,29)(H,27,28)/t14-,20-/m0/s1. The highest BCUT2D eigenvalue weighted by atomic mass is 19.1. The molecule has 2 atom stereocenters. The number of benzene rings is 2. The van der Waals surface area contributed by atoms with E-state index in [-0.39, 0.29) is 30.7 Å². The van der Waals surface area contributed by atoms with E-state index in [1.165, 1.54) is 12.1 Å². The molecule has 0 saturated heterocycles. The molecule has 2 rings (SSSR count). The highest BCUT2D eigenvalue weighted by Gasteiger charge is 2.25. The van der Waals surface area contributed by atoms with Gasteiger partial charge < -0.3 is 20.5 Å². The molecule has 160 valence electrons. The molecule has 0 aliphatic carbocycles. The SMILES string of the molecule is CC[C@H](C)[C@H](NC(=O)OCc1ccc(NC(=O)Cc2ccc(F)cc2)cc1)C(=O)O. The van der Waals surface area contributed by atoms with Crippen LogP contribution in [0.1, 0.15) is 31.4 Å². The first kappa shape index (κ1) is 22.9. The zero-order valence-electron chi connectivity index (χ0n) is 16.9. The largest absolute Gasteiger partial charge is 0.480 e. The molecule has 2 aromatic rings. The van der Waals surface area contributed by atoms with Crippen LogP contribution in [0.25, 0.3) is 0 Å². The summed E-state index contributed by atoms with van der Waals surface area (Å²) in [4.78, 5) is 35.2. The van der Waals surface area contributed by atoms with Crippen molar-refractivity contribution in [3.05, 3.63) is 65.5 Å². The summed E-state index contributed by atoms with van der Waals surface area (Å²) in [6, 6.07) is 11.4. The molecule has 7 nitrogen and oxygen atoms in total. The quantitative estimate of drug-likeness (QED) is 0.578. The summed E-state index contributed by atoms with van der Waals surface area (Å²) in [5.41, 5.74) is 1.94. The summed E-state index contributed by atoms with van der Waals surface area (Å²) in [5, 5.41) is 14.3. The number of carboxylic acid groups (broad SMARTS) is 1. The van der Waals surface area contributed by atoms with E-state index in [9.17, 15) is 23.9 Å². The predicted octanol–water partition coefficient (Wildman–Crippen LogP) is 3.73. The number of carbonyl (C=O) groups is 3. The Morgan fingerprint density at radius 1 is 1.03 bits per heavy atom. The molecule has 8 heteroatoms. The number of anilines is 1. The van der Waals surface area contributed by atoms with Crippen LogP contribution in [0.2, 0.25) is 0 Å². The van der Waals surface area contributed by atoms with Gasteiger partial charge in [0, 0.05) is 5.69 Å². The summed E-state index contributed by atoms with van der Waals surface area (Å²) in [6.45, 7) is 3.54. The Kier molecular flexibility index (Phi) is 8.34. The van der Waals surface area contributed by atoms with Crippen LogP contribution in [-0.4, -0.2) is 29.1 Å². The Morgan fingerprint density at radius 3 is 2.20 bits per heavy atom. The summed E-state index contributed by atoms with van der Waals surface area (Å²) in [5.74, 6) is -1.94. The van der Waals surface area contributed by atoms with Crippen LogP contribution in [-0.2, 0) is 27.4 Å². The smallest absolute Gasteiger partial charge is 0.408 e. The Balaban J connectivity index is 1.82. The molecule has 0 aliphatic heterocycles. The molecule has 30 heavy (non-hydrogen) atoms. The fourth-order valence-electron chi connectivity index (χ4n) is 2.68. The summed E-state index contributed by atoms with van der Waals surface area (Å²) < 4.78 is 18.0. The maximum Gasteiger partial charge on any atom is 0.408 e. The highest BCUT2D eigenvalue weighted by molar-refractivity contribution is 5.92. The van der Waals surface area contributed by atoms with E-state index >= 15 is 0 Å². The van der Waals surface area contributed by atoms with Gasteiger partial charge in [0.2, 0.25) is 5.91 Å². The maximum absolute atomic E-state index is 12.9. The van der Waals surface area contributed by atoms with Gasteiger partial charge in [0.05, 0.1) is 6.42 Å². The minimum atomic E-state index is -1.11.